The van der Waals surface area contributed by atoms with E-state index in [1.807, 2.05) is 41.1 Å². The van der Waals surface area contributed by atoms with Crippen LogP contribution in [0.1, 0.15) is 26.2 Å². The zero-order chi connectivity index (χ0) is 15.1. The molecular formula is C17H24N2O2. The van der Waals surface area contributed by atoms with Crippen molar-refractivity contribution in [2.45, 2.75) is 39.3 Å². The van der Waals surface area contributed by atoms with E-state index in [2.05, 4.69) is 6.92 Å². The van der Waals surface area contributed by atoms with E-state index in [0.29, 0.717) is 13.2 Å². The van der Waals surface area contributed by atoms with Gasteiger partial charge in [0, 0.05) is 19.9 Å². The van der Waals surface area contributed by atoms with E-state index in [1.165, 1.54) is 0 Å². The van der Waals surface area contributed by atoms with Crippen LogP contribution in [0.2, 0.25) is 0 Å². The van der Waals surface area contributed by atoms with Crippen molar-refractivity contribution in [2.24, 2.45) is 0 Å². The minimum atomic E-state index is 0.0574. The van der Waals surface area contributed by atoms with E-state index in [9.17, 15) is 4.79 Å². The maximum absolute atomic E-state index is 12.5. The molecule has 114 valence electrons. The van der Waals surface area contributed by atoms with Crippen molar-refractivity contribution in [3.63, 3.8) is 0 Å². The Bertz CT molecular complexity index is 599. The topological polar surface area (TPSA) is 36.2 Å². The lowest BCUT2D eigenvalue weighted by Gasteiger charge is -2.06. The van der Waals surface area contributed by atoms with Gasteiger partial charge < -0.3 is 4.74 Å². The Balaban J connectivity index is 2.34. The van der Waals surface area contributed by atoms with Gasteiger partial charge in [0.15, 0.2) is 0 Å². The Morgan fingerprint density at radius 2 is 1.86 bits per heavy atom. The highest BCUT2D eigenvalue weighted by atomic mass is 16.5. The number of aromatic nitrogens is 2. The third-order valence-corrected chi connectivity index (χ3v) is 3.64. The van der Waals surface area contributed by atoms with Crippen LogP contribution in [-0.4, -0.2) is 22.9 Å². The van der Waals surface area contributed by atoms with E-state index in [4.69, 9.17) is 4.74 Å². The van der Waals surface area contributed by atoms with Crippen LogP contribution in [0, 0.1) is 0 Å². The van der Waals surface area contributed by atoms with Crippen molar-refractivity contribution < 1.29 is 4.74 Å². The lowest BCUT2D eigenvalue weighted by Crippen LogP contribution is -2.26. The van der Waals surface area contributed by atoms with Crippen molar-refractivity contribution in [3.05, 3.63) is 47.0 Å². The molecule has 0 aliphatic carbocycles. The molecule has 0 N–H and O–H groups in total. The summed E-state index contributed by atoms with van der Waals surface area (Å²) in [5.74, 6) is 0. The largest absolute Gasteiger partial charge is 0.383 e. The van der Waals surface area contributed by atoms with Crippen LogP contribution in [0.3, 0.4) is 0 Å². The molecule has 21 heavy (non-hydrogen) atoms. The molecule has 0 fully saturated rings. The molecule has 2 rings (SSSR count). The van der Waals surface area contributed by atoms with Gasteiger partial charge in [-0.2, -0.15) is 0 Å². The van der Waals surface area contributed by atoms with Crippen molar-refractivity contribution in [3.8, 4) is 11.3 Å². The molecule has 0 unspecified atom stereocenters. The fourth-order valence-electron chi connectivity index (χ4n) is 2.46. The van der Waals surface area contributed by atoms with Crippen molar-refractivity contribution in [2.75, 3.05) is 13.7 Å². The number of rotatable bonds is 8. The Hall–Kier alpha value is -1.81. The standard InChI is InChI=1S/C17H24N2O2/c1-3-4-8-11-19-16(15-9-6-5-7-10-15)14-18(17(19)20)12-13-21-2/h5-7,9-10,14H,3-4,8,11-13H2,1-2H3. The summed E-state index contributed by atoms with van der Waals surface area (Å²) in [6.45, 7) is 4.09. The minimum absolute atomic E-state index is 0.0574. The Morgan fingerprint density at radius 3 is 2.52 bits per heavy atom. The van der Waals surface area contributed by atoms with Gasteiger partial charge in [-0.3, -0.25) is 9.13 Å². The minimum Gasteiger partial charge on any atom is -0.383 e. The summed E-state index contributed by atoms with van der Waals surface area (Å²) >= 11 is 0. The zero-order valence-electron chi connectivity index (χ0n) is 12.9. The Labute approximate surface area is 126 Å². The second-order valence-electron chi connectivity index (χ2n) is 5.21. The first-order chi connectivity index (χ1) is 10.3. The third kappa shape index (κ3) is 3.85. The van der Waals surface area contributed by atoms with Crippen LogP contribution in [-0.2, 0) is 17.8 Å². The van der Waals surface area contributed by atoms with Gasteiger partial charge in [-0.1, -0.05) is 50.1 Å². The SMILES string of the molecule is CCCCCn1c(-c2ccccc2)cn(CCOC)c1=O. The predicted molar refractivity (Wildman–Crippen MR) is 85.5 cm³/mol. The summed E-state index contributed by atoms with van der Waals surface area (Å²) in [4.78, 5) is 12.5. The van der Waals surface area contributed by atoms with E-state index in [1.54, 1.807) is 11.7 Å². The van der Waals surface area contributed by atoms with Crippen molar-refractivity contribution >= 4 is 0 Å². The average Bonchev–Trinajstić information content (AvgIpc) is 2.83. The summed E-state index contributed by atoms with van der Waals surface area (Å²) in [6, 6.07) is 10.1. The molecule has 1 aromatic heterocycles. The quantitative estimate of drug-likeness (QED) is 0.700. The number of unbranched alkanes of at least 4 members (excludes halogenated alkanes) is 2. The van der Waals surface area contributed by atoms with Crippen LogP contribution >= 0.6 is 0 Å². The molecule has 0 saturated carbocycles. The second-order valence-corrected chi connectivity index (χ2v) is 5.21. The van der Waals surface area contributed by atoms with Gasteiger partial charge in [-0.15, -0.1) is 0 Å². The highest BCUT2D eigenvalue weighted by Crippen LogP contribution is 2.18. The van der Waals surface area contributed by atoms with Gasteiger partial charge in [-0.05, 0) is 12.0 Å². The normalized spacial score (nSPS) is 11.0. The van der Waals surface area contributed by atoms with Crippen LogP contribution in [0.15, 0.2) is 41.3 Å². The van der Waals surface area contributed by atoms with E-state index < -0.39 is 0 Å². The Kier molecular flexibility index (Phi) is 5.81. The van der Waals surface area contributed by atoms with Crippen LogP contribution in [0.5, 0.6) is 0 Å². The average molecular weight is 288 g/mol. The molecule has 0 radical (unpaired) electrons. The molecule has 0 atom stereocenters. The molecule has 4 heteroatoms. The predicted octanol–water partition coefficient (Wildman–Crippen LogP) is 3.15. The molecule has 4 nitrogen and oxygen atoms in total. The maximum atomic E-state index is 12.5. The lowest BCUT2D eigenvalue weighted by molar-refractivity contribution is 0.186. The summed E-state index contributed by atoms with van der Waals surface area (Å²) in [7, 11) is 1.65. The summed E-state index contributed by atoms with van der Waals surface area (Å²) in [6.07, 6.45) is 5.27. The van der Waals surface area contributed by atoms with Crippen LogP contribution in [0.25, 0.3) is 11.3 Å². The van der Waals surface area contributed by atoms with Gasteiger partial charge in [0.1, 0.15) is 0 Å². The van der Waals surface area contributed by atoms with Gasteiger partial charge in [0.05, 0.1) is 18.8 Å². The molecule has 2 aromatic rings. The maximum Gasteiger partial charge on any atom is 0.328 e. The molecule has 0 spiro atoms. The van der Waals surface area contributed by atoms with Crippen LogP contribution in [0.4, 0.5) is 0 Å². The number of methoxy groups -OCH3 is 1. The van der Waals surface area contributed by atoms with Gasteiger partial charge in [0.2, 0.25) is 0 Å². The molecule has 1 aromatic carbocycles. The summed E-state index contributed by atoms with van der Waals surface area (Å²) in [5.41, 5.74) is 2.14. The number of hydrogen-bond donors (Lipinski definition) is 0. The monoisotopic (exact) mass is 288 g/mol. The van der Waals surface area contributed by atoms with Gasteiger partial charge in [0.25, 0.3) is 0 Å². The third-order valence-electron chi connectivity index (χ3n) is 3.64. The van der Waals surface area contributed by atoms with Crippen molar-refractivity contribution in [1.29, 1.82) is 0 Å². The number of nitrogens with zero attached hydrogens (tertiary/aromatic N) is 2. The van der Waals surface area contributed by atoms with E-state index in [-0.39, 0.29) is 5.69 Å². The number of benzene rings is 1. The molecule has 1 heterocycles. The molecule has 0 aliphatic heterocycles. The highest BCUT2D eigenvalue weighted by molar-refractivity contribution is 5.58. The summed E-state index contributed by atoms with van der Waals surface area (Å²) in [5, 5.41) is 0. The van der Waals surface area contributed by atoms with E-state index in [0.717, 1.165) is 37.1 Å². The van der Waals surface area contributed by atoms with Crippen LogP contribution < -0.4 is 5.69 Å². The first-order valence-electron chi connectivity index (χ1n) is 7.62. The number of hydrogen-bond acceptors (Lipinski definition) is 2. The number of imidazole rings is 1. The smallest absolute Gasteiger partial charge is 0.328 e. The highest BCUT2D eigenvalue weighted by Gasteiger charge is 2.12. The molecule has 0 bridgehead atoms. The number of ether oxygens (including phenoxy) is 1. The fraction of sp³-hybridized carbons (Fsp3) is 0.471. The first-order valence-corrected chi connectivity index (χ1v) is 7.62. The van der Waals surface area contributed by atoms with Gasteiger partial charge in [-0.25, -0.2) is 4.79 Å². The summed E-state index contributed by atoms with van der Waals surface area (Å²) < 4.78 is 8.72. The van der Waals surface area contributed by atoms with Gasteiger partial charge >= 0.3 is 5.69 Å². The lowest BCUT2D eigenvalue weighted by atomic mass is 10.1. The molecule has 0 saturated heterocycles. The van der Waals surface area contributed by atoms with E-state index >= 15 is 0 Å². The Morgan fingerprint density at radius 1 is 1.10 bits per heavy atom. The molecule has 0 amide bonds. The zero-order valence-corrected chi connectivity index (χ0v) is 12.9. The fourth-order valence-corrected chi connectivity index (χ4v) is 2.46. The second kappa shape index (κ2) is 7.84. The molecular weight excluding hydrogens is 264 g/mol. The molecule has 0 aliphatic rings. The van der Waals surface area contributed by atoms with Crippen molar-refractivity contribution in [1.82, 2.24) is 9.13 Å². The first kappa shape index (κ1) is 15.6.